The number of fused-ring (bicyclic) bond motifs is 1. The standard InChI is InChI=1S/C20H18ClF2N5O/c21-15-3-2-11(6-16(15)23)17(9-28-4-1-5-28)27-20-14-8-12(22)7-13(19(24)29)18(14)25-10-26-20/h2-3,6-8,10,17H,1,4-5,9H2,(H2,24,29)(H,25,26,27)/t17-/m1/s1. The molecule has 3 aromatic rings. The highest BCUT2D eigenvalue weighted by molar-refractivity contribution is 6.30. The van der Waals surface area contributed by atoms with E-state index in [0.29, 0.717) is 23.3 Å². The van der Waals surface area contributed by atoms with Crippen molar-refractivity contribution in [2.24, 2.45) is 5.73 Å². The van der Waals surface area contributed by atoms with E-state index in [2.05, 4.69) is 20.2 Å². The number of nitrogens with one attached hydrogen (secondary N) is 1. The van der Waals surface area contributed by atoms with Gasteiger partial charge in [0.2, 0.25) is 0 Å². The molecule has 1 aromatic heterocycles. The number of nitrogens with two attached hydrogens (primary N) is 1. The molecule has 0 unspecified atom stereocenters. The average molecular weight is 418 g/mol. The minimum absolute atomic E-state index is 0.0257. The van der Waals surface area contributed by atoms with Crippen LogP contribution >= 0.6 is 11.6 Å². The quantitative estimate of drug-likeness (QED) is 0.641. The van der Waals surface area contributed by atoms with E-state index in [0.717, 1.165) is 25.6 Å². The van der Waals surface area contributed by atoms with Gasteiger partial charge < -0.3 is 16.0 Å². The number of carbonyl (C=O) groups is 1. The summed E-state index contributed by atoms with van der Waals surface area (Å²) in [4.78, 5) is 22.2. The van der Waals surface area contributed by atoms with Crippen molar-refractivity contribution in [2.45, 2.75) is 12.5 Å². The Labute approximate surface area is 170 Å². The van der Waals surface area contributed by atoms with E-state index in [1.54, 1.807) is 6.07 Å². The first-order chi connectivity index (χ1) is 13.9. The van der Waals surface area contributed by atoms with Crippen molar-refractivity contribution in [1.82, 2.24) is 14.9 Å². The molecule has 9 heteroatoms. The fraction of sp³-hybridized carbons (Fsp3) is 0.250. The number of rotatable bonds is 6. The minimum Gasteiger partial charge on any atom is -0.366 e. The van der Waals surface area contributed by atoms with Crippen molar-refractivity contribution in [3.63, 3.8) is 0 Å². The van der Waals surface area contributed by atoms with Crippen LogP contribution in [0, 0.1) is 11.6 Å². The number of anilines is 1. The van der Waals surface area contributed by atoms with Gasteiger partial charge in [-0.2, -0.15) is 0 Å². The van der Waals surface area contributed by atoms with Crippen LogP contribution in [-0.2, 0) is 0 Å². The highest BCUT2D eigenvalue weighted by Gasteiger charge is 2.23. The van der Waals surface area contributed by atoms with Crippen LogP contribution in [0.25, 0.3) is 10.9 Å². The summed E-state index contributed by atoms with van der Waals surface area (Å²) in [6.07, 6.45) is 2.38. The zero-order chi connectivity index (χ0) is 20.5. The summed E-state index contributed by atoms with van der Waals surface area (Å²) >= 11 is 5.82. The maximum atomic E-state index is 14.1. The van der Waals surface area contributed by atoms with Crippen LogP contribution in [0.5, 0.6) is 0 Å². The molecule has 0 spiro atoms. The number of likely N-dealkylation sites (tertiary alicyclic amines) is 1. The summed E-state index contributed by atoms with van der Waals surface area (Å²) in [6.45, 7) is 2.49. The van der Waals surface area contributed by atoms with Crippen molar-refractivity contribution in [3.05, 3.63) is 64.4 Å². The lowest BCUT2D eigenvalue weighted by Gasteiger charge is -2.35. The molecule has 6 nitrogen and oxygen atoms in total. The number of nitrogens with zero attached hydrogens (tertiary/aromatic N) is 3. The second-order valence-electron chi connectivity index (χ2n) is 6.96. The van der Waals surface area contributed by atoms with E-state index in [4.69, 9.17) is 17.3 Å². The van der Waals surface area contributed by atoms with E-state index >= 15 is 0 Å². The van der Waals surface area contributed by atoms with Gasteiger partial charge in [0, 0.05) is 11.9 Å². The van der Waals surface area contributed by atoms with Crippen LogP contribution < -0.4 is 11.1 Å². The molecular weight excluding hydrogens is 400 g/mol. The molecule has 1 aliphatic rings. The molecule has 2 aromatic carbocycles. The van der Waals surface area contributed by atoms with Crippen molar-refractivity contribution >= 4 is 34.2 Å². The molecule has 2 heterocycles. The molecule has 0 aliphatic carbocycles. The van der Waals surface area contributed by atoms with E-state index in [9.17, 15) is 13.6 Å². The fourth-order valence-corrected chi connectivity index (χ4v) is 3.50. The van der Waals surface area contributed by atoms with Crippen LogP contribution in [0.15, 0.2) is 36.7 Å². The molecule has 1 saturated heterocycles. The molecule has 0 bridgehead atoms. The Morgan fingerprint density at radius 1 is 1.24 bits per heavy atom. The number of benzene rings is 2. The second-order valence-corrected chi connectivity index (χ2v) is 7.37. The van der Waals surface area contributed by atoms with E-state index in [1.165, 1.54) is 24.5 Å². The van der Waals surface area contributed by atoms with Gasteiger partial charge in [-0.1, -0.05) is 17.7 Å². The normalized spacial score (nSPS) is 15.1. The molecule has 0 saturated carbocycles. The molecule has 150 valence electrons. The minimum atomic E-state index is -0.781. The van der Waals surface area contributed by atoms with Gasteiger partial charge in [-0.25, -0.2) is 18.7 Å². The van der Waals surface area contributed by atoms with E-state index in [1.807, 2.05) is 0 Å². The summed E-state index contributed by atoms with van der Waals surface area (Å²) in [6, 6.07) is 6.57. The highest BCUT2D eigenvalue weighted by Crippen LogP contribution is 2.29. The zero-order valence-corrected chi connectivity index (χ0v) is 16.1. The maximum absolute atomic E-state index is 14.1. The number of amides is 1. The monoisotopic (exact) mass is 417 g/mol. The zero-order valence-electron chi connectivity index (χ0n) is 15.3. The first-order valence-corrected chi connectivity index (χ1v) is 9.48. The van der Waals surface area contributed by atoms with Gasteiger partial charge in [-0.05, 0) is 49.3 Å². The SMILES string of the molecule is NC(=O)c1cc(F)cc2c(N[C@H](CN3CCC3)c3ccc(Cl)c(F)c3)ncnc12. The average Bonchev–Trinajstić information content (AvgIpc) is 2.65. The Hall–Kier alpha value is -2.84. The maximum Gasteiger partial charge on any atom is 0.251 e. The number of primary amides is 1. The third kappa shape index (κ3) is 3.99. The summed E-state index contributed by atoms with van der Waals surface area (Å²) in [7, 11) is 0. The lowest BCUT2D eigenvalue weighted by Crippen LogP contribution is -2.41. The van der Waals surface area contributed by atoms with Gasteiger partial charge in [-0.3, -0.25) is 4.79 Å². The third-order valence-electron chi connectivity index (χ3n) is 5.02. The molecule has 0 radical (unpaired) electrons. The molecular formula is C20H18ClF2N5O. The van der Waals surface area contributed by atoms with E-state index < -0.39 is 17.5 Å². The van der Waals surface area contributed by atoms with Crippen LogP contribution in [0.4, 0.5) is 14.6 Å². The van der Waals surface area contributed by atoms with Gasteiger partial charge in [0.25, 0.3) is 5.91 Å². The van der Waals surface area contributed by atoms with Gasteiger partial charge in [-0.15, -0.1) is 0 Å². The molecule has 29 heavy (non-hydrogen) atoms. The number of aromatic nitrogens is 2. The van der Waals surface area contributed by atoms with Crippen molar-refractivity contribution in [2.75, 3.05) is 25.0 Å². The topological polar surface area (TPSA) is 84.1 Å². The Bertz CT molecular complexity index is 1090. The Balaban J connectivity index is 1.76. The highest BCUT2D eigenvalue weighted by atomic mass is 35.5. The third-order valence-corrected chi connectivity index (χ3v) is 5.32. The lowest BCUT2D eigenvalue weighted by atomic mass is 10.0. The summed E-state index contributed by atoms with van der Waals surface area (Å²) < 4.78 is 28.2. The predicted octanol–water partition coefficient (Wildman–Crippen LogP) is 3.52. The van der Waals surface area contributed by atoms with Gasteiger partial charge >= 0.3 is 0 Å². The van der Waals surface area contributed by atoms with Gasteiger partial charge in [0.15, 0.2) is 0 Å². The molecule has 1 aliphatic heterocycles. The molecule has 1 fully saturated rings. The summed E-state index contributed by atoms with van der Waals surface area (Å²) in [5.41, 5.74) is 6.27. The predicted molar refractivity (Wildman–Crippen MR) is 107 cm³/mol. The first-order valence-electron chi connectivity index (χ1n) is 9.10. The van der Waals surface area contributed by atoms with Crippen LogP contribution in [0.3, 0.4) is 0 Å². The molecule has 3 N–H and O–H groups in total. The van der Waals surface area contributed by atoms with Crippen LogP contribution in [0.1, 0.15) is 28.4 Å². The summed E-state index contributed by atoms with van der Waals surface area (Å²) in [5, 5.41) is 3.62. The number of hydrogen-bond donors (Lipinski definition) is 2. The van der Waals surface area contributed by atoms with Crippen molar-refractivity contribution in [3.8, 4) is 0 Å². The molecule has 1 atom stereocenters. The van der Waals surface area contributed by atoms with Crippen molar-refractivity contribution < 1.29 is 13.6 Å². The number of carbonyl (C=O) groups excluding carboxylic acids is 1. The smallest absolute Gasteiger partial charge is 0.251 e. The fourth-order valence-electron chi connectivity index (χ4n) is 3.39. The van der Waals surface area contributed by atoms with Crippen molar-refractivity contribution in [1.29, 1.82) is 0 Å². The van der Waals surface area contributed by atoms with Crippen LogP contribution in [-0.4, -0.2) is 40.4 Å². The Morgan fingerprint density at radius 3 is 2.69 bits per heavy atom. The lowest BCUT2D eigenvalue weighted by molar-refractivity contribution is 0.100. The van der Waals surface area contributed by atoms with Gasteiger partial charge in [0.05, 0.1) is 22.1 Å². The number of halogens is 3. The molecule has 4 rings (SSSR count). The van der Waals surface area contributed by atoms with Crippen LogP contribution in [0.2, 0.25) is 5.02 Å². The Morgan fingerprint density at radius 2 is 2.03 bits per heavy atom. The second kappa shape index (κ2) is 7.88. The number of hydrogen-bond acceptors (Lipinski definition) is 5. The van der Waals surface area contributed by atoms with E-state index in [-0.39, 0.29) is 22.1 Å². The molecule has 1 amide bonds. The Kier molecular flexibility index (Phi) is 5.29. The van der Waals surface area contributed by atoms with Gasteiger partial charge in [0.1, 0.15) is 23.8 Å². The largest absolute Gasteiger partial charge is 0.366 e. The first kappa shape index (κ1) is 19.5. The summed E-state index contributed by atoms with van der Waals surface area (Å²) in [5.74, 6) is -1.59.